The summed E-state index contributed by atoms with van der Waals surface area (Å²) in [6.45, 7) is 4.42. The van der Waals surface area contributed by atoms with Crippen LogP contribution in [0.1, 0.15) is 36.5 Å². The molecule has 1 fully saturated rings. The van der Waals surface area contributed by atoms with Crippen LogP contribution in [0.15, 0.2) is 36.4 Å². The van der Waals surface area contributed by atoms with Gasteiger partial charge < -0.3 is 10.6 Å². The number of hydrogen-bond donors (Lipinski definition) is 2. The van der Waals surface area contributed by atoms with Crippen LogP contribution in [-0.2, 0) is 4.79 Å². The smallest absolute Gasteiger partial charge is 0.253 e. The van der Waals surface area contributed by atoms with Gasteiger partial charge in [0.05, 0.1) is 22.7 Å². The number of nitrogens with zero attached hydrogens (tertiary/aromatic N) is 1. The Balaban J connectivity index is 1.56. The molecule has 3 atom stereocenters. The number of carbonyl (C=O) groups is 2. The van der Waals surface area contributed by atoms with Gasteiger partial charge in [0, 0.05) is 19.6 Å². The predicted octanol–water partition coefficient (Wildman–Crippen LogP) is 2.42. The molecule has 1 aromatic carbocycles. The third-order valence-electron chi connectivity index (χ3n) is 5.80. The molecule has 5 nitrogen and oxygen atoms in total. The summed E-state index contributed by atoms with van der Waals surface area (Å²) in [7, 11) is 0. The lowest BCUT2D eigenvalue weighted by molar-refractivity contribution is -0.121. The fraction of sp³-hybridized carbons (Fsp3) is 0.500. The minimum absolute atomic E-state index is 0.000917. The topological polar surface area (TPSA) is 61.4 Å². The molecule has 0 saturated carbocycles. The maximum atomic E-state index is 12.9. The predicted molar refractivity (Wildman–Crippen MR) is 97.4 cm³/mol. The number of para-hydroxylation sites is 1. The SMILES string of the molecule is C[C@]12CN(C[C@@H]3CC=CCC3)C[C@H]1C(=O)Nc1ccccc1C(=O)N2. The molecule has 0 aromatic heterocycles. The van der Waals surface area contributed by atoms with Crippen LogP contribution in [0.25, 0.3) is 0 Å². The minimum atomic E-state index is -0.529. The van der Waals surface area contributed by atoms with Gasteiger partial charge in [0.15, 0.2) is 0 Å². The van der Waals surface area contributed by atoms with E-state index >= 15 is 0 Å². The highest BCUT2D eigenvalue weighted by atomic mass is 16.2. The molecular weight excluding hydrogens is 314 g/mol. The fourth-order valence-corrected chi connectivity index (χ4v) is 4.46. The first-order chi connectivity index (χ1) is 12.0. The molecule has 132 valence electrons. The molecule has 5 heteroatoms. The number of anilines is 1. The normalized spacial score (nSPS) is 32.2. The van der Waals surface area contributed by atoms with E-state index in [9.17, 15) is 9.59 Å². The summed E-state index contributed by atoms with van der Waals surface area (Å²) in [4.78, 5) is 27.9. The quantitative estimate of drug-likeness (QED) is 0.814. The number of rotatable bonds is 2. The molecule has 1 aromatic rings. The lowest BCUT2D eigenvalue weighted by Crippen LogP contribution is -2.56. The maximum absolute atomic E-state index is 12.9. The molecule has 0 radical (unpaired) electrons. The van der Waals surface area contributed by atoms with Crippen molar-refractivity contribution in [3.05, 3.63) is 42.0 Å². The molecule has 2 N–H and O–H groups in total. The van der Waals surface area contributed by atoms with E-state index in [0.717, 1.165) is 25.9 Å². The molecule has 0 unspecified atom stereocenters. The van der Waals surface area contributed by atoms with E-state index in [1.807, 2.05) is 19.1 Å². The highest BCUT2D eigenvalue weighted by molar-refractivity contribution is 6.06. The highest BCUT2D eigenvalue weighted by Gasteiger charge is 2.49. The average molecular weight is 339 g/mol. The molecule has 2 amide bonds. The van der Waals surface area contributed by atoms with Crippen LogP contribution in [0, 0.1) is 11.8 Å². The Morgan fingerprint density at radius 3 is 2.88 bits per heavy atom. The van der Waals surface area contributed by atoms with Crippen molar-refractivity contribution >= 4 is 17.5 Å². The van der Waals surface area contributed by atoms with E-state index in [1.165, 1.54) is 6.42 Å². The number of nitrogens with one attached hydrogen (secondary N) is 2. The van der Waals surface area contributed by atoms with Gasteiger partial charge in [-0.05, 0) is 44.2 Å². The Kier molecular flexibility index (Phi) is 4.12. The van der Waals surface area contributed by atoms with Gasteiger partial charge in [-0.1, -0.05) is 24.3 Å². The van der Waals surface area contributed by atoms with E-state index in [-0.39, 0.29) is 17.7 Å². The van der Waals surface area contributed by atoms with Crippen LogP contribution < -0.4 is 10.6 Å². The van der Waals surface area contributed by atoms with Gasteiger partial charge in [0.25, 0.3) is 5.91 Å². The number of hydrogen-bond acceptors (Lipinski definition) is 3. The van der Waals surface area contributed by atoms with E-state index in [2.05, 4.69) is 27.7 Å². The van der Waals surface area contributed by atoms with Gasteiger partial charge >= 0.3 is 0 Å². The van der Waals surface area contributed by atoms with Crippen molar-refractivity contribution in [2.24, 2.45) is 11.8 Å². The van der Waals surface area contributed by atoms with Gasteiger partial charge in [-0.3, -0.25) is 14.5 Å². The Morgan fingerprint density at radius 1 is 1.24 bits per heavy atom. The molecule has 1 aliphatic carbocycles. The van der Waals surface area contributed by atoms with Crippen molar-refractivity contribution in [3.8, 4) is 0 Å². The number of likely N-dealkylation sites (tertiary alicyclic amines) is 1. The monoisotopic (exact) mass is 339 g/mol. The number of fused-ring (bicyclic) bond motifs is 2. The van der Waals surface area contributed by atoms with E-state index < -0.39 is 5.54 Å². The second-order valence-electron chi connectivity index (χ2n) is 7.80. The first-order valence-corrected chi connectivity index (χ1v) is 9.15. The molecule has 2 aliphatic heterocycles. The number of amides is 2. The van der Waals surface area contributed by atoms with Crippen molar-refractivity contribution in [1.29, 1.82) is 0 Å². The van der Waals surface area contributed by atoms with Crippen molar-refractivity contribution in [2.45, 2.75) is 31.7 Å². The summed E-state index contributed by atoms with van der Waals surface area (Å²) >= 11 is 0. The zero-order valence-corrected chi connectivity index (χ0v) is 14.6. The van der Waals surface area contributed by atoms with Crippen LogP contribution in [0.2, 0.25) is 0 Å². The van der Waals surface area contributed by atoms with Gasteiger partial charge in [-0.15, -0.1) is 0 Å². The Hall–Kier alpha value is -2.14. The van der Waals surface area contributed by atoms with Crippen LogP contribution in [0.4, 0.5) is 5.69 Å². The van der Waals surface area contributed by atoms with Gasteiger partial charge in [0.1, 0.15) is 0 Å². The van der Waals surface area contributed by atoms with Gasteiger partial charge in [0.2, 0.25) is 5.91 Å². The first-order valence-electron chi connectivity index (χ1n) is 9.15. The summed E-state index contributed by atoms with van der Waals surface area (Å²) in [5.74, 6) is 0.310. The van der Waals surface area contributed by atoms with Crippen LogP contribution in [0.5, 0.6) is 0 Å². The second kappa shape index (κ2) is 6.30. The molecule has 25 heavy (non-hydrogen) atoms. The molecule has 2 heterocycles. The zero-order chi connectivity index (χ0) is 17.4. The largest absolute Gasteiger partial charge is 0.345 e. The fourth-order valence-electron chi connectivity index (χ4n) is 4.46. The molecule has 0 spiro atoms. The Labute approximate surface area is 148 Å². The van der Waals surface area contributed by atoms with E-state index in [1.54, 1.807) is 12.1 Å². The summed E-state index contributed by atoms with van der Waals surface area (Å²) in [6, 6.07) is 7.21. The summed E-state index contributed by atoms with van der Waals surface area (Å²) < 4.78 is 0. The Morgan fingerprint density at radius 2 is 2.08 bits per heavy atom. The highest BCUT2D eigenvalue weighted by Crippen LogP contribution is 2.33. The average Bonchev–Trinajstić information content (AvgIpc) is 2.91. The van der Waals surface area contributed by atoms with Gasteiger partial charge in [-0.2, -0.15) is 0 Å². The lowest BCUT2D eigenvalue weighted by Gasteiger charge is -2.33. The summed E-state index contributed by atoms with van der Waals surface area (Å²) in [6.07, 6.45) is 7.98. The maximum Gasteiger partial charge on any atom is 0.253 e. The van der Waals surface area contributed by atoms with E-state index in [0.29, 0.717) is 23.7 Å². The van der Waals surface area contributed by atoms with Crippen molar-refractivity contribution in [3.63, 3.8) is 0 Å². The molecule has 0 bridgehead atoms. The van der Waals surface area contributed by atoms with Crippen LogP contribution >= 0.6 is 0 Å². The van der Waals surface area contributed by atoms with Crippen molar-refractivity contribution in [1.82, 2.24) is 10.2 Å². The second-order valence-corrected chi connectivity index (χ2v) is 7.80. The van der Waals surface area contributed by atoms with Crippen molar-refractivity contribution < 1.29 is 9.59 Å². The van der Waals surface area contributed by atoms with Gasteiger partial charge in [-0.25, -0.2) is 0 Å². The van der Waals surface area contributed by atoms with Crippen LogP contribution in [0.3, 0.4) is 0 Å². The molecule has 3 aliphatic rings. The first kappa shape index (κ1) is 16.3. The lowest BCUT2D eigenvalue weighted by atomic mass is 9.86. The molecular formula is C20H25N3O2. The number of carbonyl (C=O) groups excluding carboxylic acids is 2. The standard InChI is InChI=1S/C20H25N3O2/c1-20-13-23(11-14-7-3-2-4-8-14)12-16(20)19(25)21-17-10-6-5-9-15(17)18(24)22-20/h2-3,5-6,9-10,14,16H,4,7-8,11-13H2,1H3,(H,21,25)(H,22,24)/t14-,16+,20+/m1/s1. The Bertz CT molecular complexity index is 729. The van der Waals surface area contributed by atoms with Crippen LogP contribution in [-0.4, -0.2) is 41.9 Å². The summed E-state index contributed by atoms with van der Waals surface area (Å²) in [5, 5.41) is 6.13. The van der Waals surface area contributed by atoms with E-state index in [4.69, 9.17) is 0 Å². The summed E-state index contributed by atoms with van der Waals surface area (Å²) in [5.41, 5.74) is 0.605. The number of benzene rings is 1. The molecule has 4 rings (SSSR count). The third kappa shape index (κ3) is 3.09. The zero-order valence-electron chi connectivity index (χ0n) is 14.6. The molecule has 1 saturated heterocycles. The number of allylic oxidation sites excluding steroid dienone is 2. The van der Waals surface area contributed by atoms with Crippen molar-refractivity contribution in [2.75, 3.05) is 25.0 Å². The minimum Gasteiger partial charge on any atom is -0.345 e. The third-order valence-corrected chi connectivity index (χ3v) is 5.80.